The average Bonchev–Trinajstić information content (AvgIpc) is 2.48. The van der Waals surface area contributed by atoms with Crippen LogP contribution in [0.3, 0.4) is 0 Å². The molecule has 0 spiro atoms. The van der Waals surface area contributed by atoms with Crippen LogP contribution in [0.5, 0.6) is 5.75 Å². The van der Waals surface area contributed by atoms with Gasteiger partial charge in [-0.05, 0) is 37.3 Å². The topological polar surface area (TPSA) is 41.5 Å². The van der Waals surface area contributed by atoms with E-state index in [-0.39, 0.29) is 0 Å². The predicted octanol–water partition coefficient (Wildman–Crippen LogP) is 4.81. The van der Waals surface area contributed by atoms with Gasteiger partial charge in [-0.1, -0.05) is 45.2 Å². The number of aliphatic hydroxyl groups excluding tert-OH is 1. The number of aliphatic hydroxyl groups is 1. The molecule has 0 saturated carbocycles. The number of halogens is 3. The van der Waals surface area contributed by atoms with Crippen LogP contribution in [0, 0.1) is 0 Å². The fourth-order valence-electron chi connectivity index (χ4n) is 2.06. The summed E-state index contributed by atoms with van der Waals surface area (Å²) in [5, 5.41) is 13.7. The lowest BCUT2D eigenvalue weighted by Crippen LogP contribution is -2.24. The Balaban J connectivity index is 2.10. The molecular formula is C17H18BrCl2NO2. The maximum absolute atomic E-state index is 9.34. The van der Waals surface area contributed by atoms with E-state index in [2.05, 4.69) is 21.2 Å². The number of hydrogen-bond donors (Lipinski definition) is 2. The van der Waals surface area contributed by atoms with Gasteiger partial charge in [0.25, 0.3) is 0 Å². The molecule has 2 rings (SSSR count). The summed E-state index contributed by atoms with van der Waals surface area (Å²) in [5.74, 6) is 0.752. The molecule has 2 aromatic carbocycles. The van der Waals surface area contributed by atoms with Gasteiger partial charge in [-0.3, -0.25) is 0 Å². The number of ether oxygens (including phenoxy) is 1. The zero-order chi connectivity index (χ0) is 16.8. The Kier molecular flexibility index (Phi) is 7.18. The highest BCUT2D eigenvalue weighted by molar-refractivity contribution is 9.10. The van der Waals surface area contributed by atoms with Crippen LogP contribution in [0.25, 0.3) is 0 Å². The molecule has 0 unspecified atom stereocenters. The highest BCUT2D eigenvalue weighted by Gasteiger charge is 2.09. The van der Waals surface area contributed by atoms with Crippen LogP contribution in [0.15, 0.2) is 40.9 Å². The molecule has 0 aliphatic rings. The van der Waals surface area contributed by atoms with Crippen molar-refractivity contribution in [1.29, 1.82) is 0 Å². The summed E-state index contributed by atoms with van der Waals surface area (Å²) in [7, 11) is 0. The van der Waals surface area contributed by atoms with E-state index in [1.165, 1.54) is 0 Å². The lowest BCUT2D eigenvalue weighted by Gasteiger charge is -2.14. The van der Waals surface area contributed by atoms with Gasteiger partial charge in [0.2, 0.25) is 0 Å². The molecule has 0 radical (unpaired) electrons. The minimum atomic E-state index is -0.395. The molecule has 0 bridgehead atoms. The first-order valence-electron chi connectivity index (χ1n) is 7.20. The van der Waals surface area contributed by atoms with Crippen LogP contribution in [-0.2, 0) is 13.2 Å². The first kappa shape index (κ1) is 18.6. The average molecular weight is 419 g/mol. The van der Waals surface area contributed by atoms with E-state index in [4.69, 9.17) is 27.9 Å². The van der Waals surface area contributed by atoms with Crippen molar-refractivity contribution in [3.8, 4) is 5.75 Å². The zero-order valence-corrected chi connectivity index (χ0v) is 15.7. The molecule has 0 heterocycles. The molecular weight excluding hydrogens is 401 g/mol. The number of rotatable bonds is 7. The van der Waals surface area contributed by atoms with E-state index >= 15 is 0 Å². The molecule has 6 heteroatoms. The van der Waals surface area contributed by atoms with Crippen LogP contribution in [0.1, 0.15) is 18.1 Å². The smallest absolute Gasteiger partial charge is 0.124 e. The fourth-order valence-corrected chi connectivity index (χ4v) is 2.98. The summed E-state index contributed by atoms with van der Waals surface area (Å²) in [6.45, 7) is 3.15. The minimum absolute atomic E-state index is 0.295. The van der Waals surface area contributed by atoms with Gasteiger partial charge in [-0.15, -0.1) is 0 Å². The Hall–Kier alpha value is -0.780. The molecule has 23 heavy (non-hydrogen) atoms. The molecule has 0 saturated heterocycles. The summed E-state index contributed by atoms with van der Waals surface area (Å²) in [6, 6.07) is 11.2. The van der Waals surface area contributed by atoms with Crippen LogP contribution in [0.2, 0.25) is 10.0 Å². The second kappa shape index (κ2) is 8.90. The molecule has 0 aliphatic heterocycles. The highest BCUT2D eigenvalue weighted by atomic mass is 79.9. The van der Waals surface area contributed by atoms with Crippen molar-refractivity contribution in [2.75, 3.05) is 6.54 Å². The van der Waals surface area contributed by atoms with Crippen molar-refractivity contribution in [2.24, 2.45) is 0 Å². The van der Waals surface area contributed by atoms with Crippen molar-refractivity contribution >= 4 is 39.1 Å². The van der Waals surface area contributed by atoms with E-state index < -0.39 is 6.10 Å². The standard InChI is InChI=1S/C17H18BrCl2NO2/c1-11(22)8-21-9-12-7-13(18)5-6-17(12)23-10-14-15(19)3-2-4-16(14)20/h2-7,11,21-22H,8-10H2,1H3/t11-/m1/s1. The molecule has 1 atom stereocenters. The van der Waals surface area contributed by atoms with Crippen molar-refractivity contribution in [2.45, 2.75) is 26.2 Å². The molecule has 0 aromatic heterocycles. The molecule has 124 valence electrons. The van der Waals surface area contributed by atoms with Crippen molar-refractivity contribution in [3.63, 3.8) is 0 Å². The maximum Gasteiger partial charge on any atom is 0.124 e. The Bertz CT molecular complexity index is 645. The van der Waals surface area contributed by atoms with Crippen molar-refractivity contribution in [1.82, 2.24) is 5.32 Å². The highest BCUT2D eigenvalue weighted by Crippen LogP contribution is 2.28. The monoisotopic (exact) mass is 417 g/mol. The van der Waals surface area contributed by atoms with Gasteiger partial charge in [0, 0.05) is 38.7 Å². The Morgan fingerprint density at radius 3 is 2.57 bits per heavy atom. The van der Waals surface area contributed by atoms with Crippen molar-refractivity contribution in [3.05, 3.63) is 62.0 Å². The van der Waals surface area contributed by atoms with E-state index in [1.54, 1.807) is 25.1 Å². The predicted molar refractivity (Wildman–Crippen MR) is 98.3 cm³/mol. The van der Waals surface area contributed by atoms with E-state index in [0.717, 1.165) is 21.3 Å². The van der Waals surface area contributed by atoms with Gasteiger partial charge in [0.15, 0.2) is 0 Å². The third-order valence-electron chi connectivity index (χ3n) is 3.21. The molecule has 0 fully saturated rings. The summed E-state index contributed by atoms with van der Waals surface area (Å²) >= 11 is 15.8. The normalized spacial score (nSPS) is 12.2. The van der Waals surface area contributed by atoms with E-state index in [1.807, 2.05) is 18.2 Å². The fraction of sp³-hybridized carbons (Fsp3) is 0.294. The van der Waals surface area contributed by atoms with Gasteiger partial charge in [0.05, 0.1) is 6.10 Å². The molecule has 0 amide bonds. The minimum Gasteiger partial charge on any atom is -0.488 e. The Morgan fingerprint density at radius 2 is 1.91 bits per heavy atom. The third kappa shape index (κ3) is 5.66. The summed E-state index contributed by atoms with van der Waals surface area (Å²) in [6.07, 6.45) is -0.395. The first-order chi connectivity index (χ1) is 11.0. The zero-order valence-electron chi connectivity index (χ0n) is 12.7. The third-order valence-corrected chi connectivity index (χ3v) is 4.41. The summed E-state index contributed by atoms with van der Waals surface area (Å²) in [5.41, 5.74) is 1.75. The van der Waals surface area contributed by atoms with Crippen molar-refractivity contribution < 1.29 is 9.84 Å². The Morgan fingerprint density at radius 1 is 1.22 bits per heavy atom. The van der Waals surface area contributed by atoms with Crippen LogP contribution in [0.4, 0.5) is 0 Å². The maximum atomic E-state index is 9.34. The number of hydrogen-bond acceptors (Lipinski definition) is 3. The Labute approximate surface area is 154 Å². The van der Waals surface area contributed by atoms with Gasteiger partial charge in [-0.2, -0.15) is 0 Å². The van der Waals surface area contributed by atoms with E-state index in [0.29, 0.717) is 29.7 Å². The summed E-state index contributed by atoms with van der Waals surface area (Å²) < 4.78 is 6.87. The van der Waals surface area contributed by atoms with Crippen LogP contribution >= 0.6 is 39.1 Å². The van der Waals surface area contributed by atoms with Gasteiger partial charge >= 0.3 is 0 Å². The molecule has 0 aliphatic carbocycles. The summed E-state index contributed by atoms with van der Waals surface area (Å²) in [4.78, 5) is 0. The van der Waals surface area contributed by atoms with Gasteiger partial charge < -0.3 is 15.2 Å². The SMILES string of the molecule is C[C@@H](O)CNCc1cc(Br)ccc1OCc1c(Cl)cccc1Cl. The first-order valence-corrected chi connectivity index (χ1v) is 8.75. The van der Waals surface area contributed by atoms with E-state index in [9.17, 15) is 5.11 Å². The van der Waals surface area contributed by atoms with Gasteiger partial charge in [0.1, 0.15) is 12.4 Å². The lowest BCUT2D eigenvalue weighted by molar-refractivity contribution is 0.190. The second-order valence-corrected chi connectivity index (χ2v) is 6.95. The largest absolute Gasteiger partial charge is 0.488 e. The second-order valence-electron chi connectivity index (χ2n) is 5.22. The molecule has 2 N–H and O–H groups in total. The van der Waals surface area contributed by atoms with Crippen LogP contribution in [-0.4, -0.2) is 17.8 Å². The number of benzene rings is 2. The number of nitrogens with one attached hydrogen (secondary N) is 1. The van der Waals surface area contributed by atoms with Gasteiger partial charge in [-0.25, -0.2) is 0 Å². The van der Waals surface area contributed by atoms with Crippen LogP contribution < -0.4 is 10.1 Å². The molecule has 2 aromatic rings. The quantitative estimate of drug-likeness (QED) is 0.678. The molecule has 3 nitrogen and oxygen atoms in total. The lowest BCUT2D eigenvalue weighted by atomic mass is 10.2.